The second-order valence-corrected chi connectivity index (χ2v) is 8.17. The van der Waals surface area contributed by atoms with Gasteiger partial charge in [-0.05, 0) is 19.3 Å². The highest BCUT2D eigenvalue weighted by Crippen LogP contribution is 2.49. The zero-order valence-electron chi connectivity index (χ0n) is 14.2. The number of halogens is 2. The quantitative estimate of drug-likeness (QED) is 0.680. The summed E-state index contributed by atoms with van der Waals surface area (Å²) in [5, 5.41) is 22.4. The normalized spacial score (nSPS) is 27.4. The lowest BCUT2D eigenvalue weighted by molar-refractivity contribution is -0.139. The van der Waals surface area contributed by atoms with Crippen LogP contribution in [0.3, 0.4) is 0 Å². The summed E-state index contributed by atoms with van der Waals surface area (Å²) in [5.74, 6) is -2.89. The number of phenols is 1. The van der Waals surface area contributed by atoms with Crippen molar-refractivity contribution in [1.29, 1.82) is 0 Å². The fourth-order valence-electron chi connectivity index (χ4n) is 4.39. The van der Waals surface area contributed by atoms with E-state index in [2.05, 4.69) is 15.9 Å². The molecule has 2 aliphatic rings. The number of phenolic OH excluding ortho intramolecular Hbond substituents is 1. The van der Waals surface area contributed by atoms with Crippen molar-refractivity contribution in [3.8, 4) is 5.75 Å². The van der Waals surface area contributed by atoms with E-state index >= 15 is 0 Å². The summed E-state index contributed by atoms with van der Waals surface area (Å²) >= 11 is 9.52. The molecule has 140 valence electrons. The van der Waals surface area contributed by atoms with Crippen LogP contribution in [0, 0.1) is 11.8 Å². The Morgan fingerprint density at radius 3 is 2.44 bits per heavy atom. The van der Waals surface area contributed by atoms with Gasteiger partial charge in [0.2, 0.25) is 0 Å². The molecule has 0 aliphatic heterocycles. The number of aromatic hydroxyl groups is 1. The first-order chi connectivity index (χ1) is 12.8. The van der Waals surface area contributed by atoms with Crippen LogP contribution in [0.5, 0.6) is 5.75 Å². The molecule has 27 heavy (non-hydrogen) atoms. The molecule has 0 unspecified atom stereocenters. The van der Waals surface area contributed by atoms with E-state index in [-0.39, 0.29) is 52.3 Å². The molecule has 7 heteroatoms. The van der Waals surface area contributed by atoms with Crippen LogP contribution in [0.25, 0.3) is 10.8 Å². The molecule has 0 bridgehead atoms. The van der Waals surface area contributed by atoms with E-state index in [1.165, 1.54) is 0 Å². The Morgan fingerprint density at radius 1 is 1.15 bits per heavy atom. The Morgan fingerprint density at radius 2 is 1.78 bits per heavy atom. The maximum atomic E-state index is 13.2. The average molecular weight is 452 g/mol. The van der Waals surface area contributed by atoms with Crippen LogP contribution in [0.1, 0.15) is 40.0 Å². The topological polar surface area (TPSA) is 91.7 Å². The van der Waals surface area contributed by atoms with Gasteiger partial charge in [0.05, 0.1) is 21.5 Å². The van der Waals surface area contributed by atoms with Gasteiger partial charge in [-0.25, -0.2) is 0 Å². The Balaban J connectivity index is 1.90. The third kappa shape index (κ3) is 2.57. The molecule has 0 radical (unpaired) electrons. The standard InChI is InChI=1S/C20H16BrClO5/c21-8-13(23)20(27)6-5-11-12(7-20)19(26)14-15(18(11)25)17(24)10-4-2-1-3-9(10)16(14)22/h1-4,11-12,24,27H,5-8H2/t11-,12-,20-/m0/s1. The minimum Gasteiger partial charge on any atom is -0.507 e. The number of hydrogen-bond acceptors (Lipinski definition) is 5. The van der Waals surface area contributed by atoms with Crippen LogP contribution in [-0.2, 0) is 4.79 Å². The molecule has 5 nitrogen and oxygen atoms in total. The monoisotopic (exact) mass is 450 g/mol. The third-order valence-corrected chi connectivity index (χ3v) is 6.75. The number of alkyl halides is 1. The van der Waals surface area contributed by atoms with Gasteiger partial charge < -0.3 is 10.2 Å². The van der Waals surface area contributed by atoms with E-state index in [0.717, 1.165) is 0 Å². The van der Waals surface area contributed by atoms with E-state index in [0.29, 0.717) is 10.8 Å². The van der Waals surface area contributed by atoms with E-state index in [1.807, 2.05) is 0 Å². The largest absolute Gasteiger partial charge is 0.507 e. The van der Waals surface area contributed by atoms with Gasteiger partial charge in [0.15, 0.2) is 17.3 Å². The molecular formula is C20H16BrClO5. The Bertz CT molecular complexity index is 1020. The number of carbonyl (C=O) groups excluding carboxylic acids is 3. The van der Waals surface area contributed by atoms with Crippen molar-refractivity contribution in [3.63, 3.8) is 0 Å². The minimum atomic E-state index is -1.64. The number of aliphatic hydroxyl groups is 1. The molecule has 1 fully saturated rings. The molecule has 0 spiro atoms. The SMILES string of the molecule is O=C1c2c(c(Cl)c3ccccc3c2O)C(=O)[C@H]2C[C@](O)(C(=O)CBr)CC[C@H]12. The number of fused-ring (bicyclic) bond motifs is 3. The second-order valence-electron chi connectivity index (χ2n) is 7.23. The number of carbonyl (C=O) groups is 3. The molecule has 0 amide bonds. The zero-order chi connectivity index (χ0) is 19.5. The molecular weight excluding hydrogens is 436 g/mol. The lowest BCUT2D eigenvalue weighted by Crippen LogP contribution is -2.51. The molecule has 2 N–H and O–H groups in total. The predicted molar refractivity (Wildman–Crippen MR) is 104 cm³/mol. The van der Waals surface area contributed by atoms with E-state index in [9.17, 15) is 24.6 Å². The number of ketones is 3. The van der Waals surface area contributed by atoms with Crippen molar-refractivity contribution in [3.05, 3.63) is 40.4 Å². The summed E-state index contributed by atoms with van der Waals surface area (Å²) in [5.41, 5.74) is -1.68. The van der Waals surface area contributed by atoms with Gasteiger partial charge >= 0.3 is 0 Å². The second kappa shape index (κ2) is 6.40. The maximum absolute atomic E-state index is 13.2. The first-order valence-corrected chi connectivity index (χ1v) is 10.1. The van der Waals surface area contributed by atoms with Crippen molar-refractivity contribution in [1.82, 2.24) is 0 Å². The Labute approximate surface area is 168 Å². The summed E-state index contributed by atoms with van der Waals surface area (Å²) < 4.78 is 0. The van der Waals surface area contributed by atoms with Crippen LogP contribution in [-0.4, -0.2) is 38.5 Å². The van der Waals surface area contributed by atoms with Gasteiger partial charge in [0, 0.05) is 22.6 Å². The lowest BCUT2D eigenvalue weighted by atomic mass is 9.62. The van der Waals surface area contributed by atoms with Crippen LogP contribution in [0.4, 0.5) is 0 Å². The molecule has 3 atom stereocenters. The van der Waals surface area contributed by atoms with Crippen molar-refractivity contribution < 1.29 is 24.6 Å². The van der Waals surface area contributed by atoms with Crippen molar-refractivity contribution >= 4 is 55.7 Å². The van der Waals surface area contributed by atoms with Gasteiger partial charge in [-0.3, -0.25) is 14.4 Å². The first-order valence-electron chi connectivity index (χ1n) is 8.63. The number of benzene rings is 2. The molecule has 0 aromatic heterocycles. The van der Waals surface area contributed by atoms with Gasteiger partial charge in [0.1, 0.15) is 11.4 Å². The van der Waals surface area contributed by atoms with E-state index in [1.54, 1.807) is 24.3 Å². The Hall–Kier alpha value is -1.76. The molecule has 2 aromatic carbocycles. The van der Waals surface area contributed by atoms with Crippen molar-refractivity contribution in [2.75, 3.05) is 5.33 Å². The number of hydrogen-bond donors (Lipinski definition) is 2. The van der Waals surface area contributed by atoms with Gasteiger partial charge in [-0.1, -0.05) is 51.8 Å². The smallest absolute Gasteiger partial charge is 0.174 e. The van der Waals surface area contributed by atoms with E-state index < -0.39 is 29.0 Å². The number of rotatable bonds is 2. The zero-order valence-corrected chi connectivity index (χ0v) is 16.5. The molecule has 0 saturated heterocycles. The first kappa shape index (κ1) is 18.6. The fraction of sp³-hybridized carbons (Fsp3) is 0.350. The lowest BCUT2D eigenvalue weighted by Gasteiger charge is -2.41. The minimum absolute atomic E-state index is 0.00495. The van der Waals surface area contributed by atoms with Gasteiger partial charge in [-0.15, -0.1) is 0 Å². The summed E-state index contributed by atoms with van der Waals surface area (Å²) in [6.45, 7) is 0. The summed E-state index contributed by atoms with van der Waals surface area (Å²) in [6, 6.07) is 6.77. The maximum Gasteiger partial charge on any atom is 0.174 e. The van der Waals surface area contributed by atoms with Crippen molar-refractivity contribution in [2.45, 2.75) is 24.9 Å². The Kier molecular flexibility index (Phi) is 4.41. The predicted octanol–water partition coefficient (Wildman–Crippen LogP) is 3.69. The molecule has 2 aliphatic carbocycles. The molecule has 0 heterocycles. The highest BCUT2D eigenvalue weighted by Gasteiger charge is 2.52. The summed E-state index contributed by atoms with van der Waals surface area (Å²) in [7, 11) is 0. The fourth-order valence-corrected chi connectivity index (χ4v) is 5.27. The highest BCUT2D eigenvalue weighted by atomic mass is 79.9. The van der Waals surface area contributed by atoms with Crippen LogP contribution in [0.15, 0.2) is 24.3 Å². The molecule has 2 aromatic rings. The van der Waals surface area contributed by atoms with Gasteiger partial charge in [-0.2, -0.15) is 0 Å². The number of Topliss-reactive ketones (excluding diaryl/α,β-unsaturated/α-hetero) is 3. The van der Waals surface area contributed by atoms with Crippen LogP contribution >= 0.6 is 27.5 Å². The highest BCUT2D eigenvalue weighted by molar-refractivity contribution is 9.09. The van der Waals surface area contributed by atoms with Crippen molar-refractivity contribution in [2.24, 2.45) is 11.8 Å². The average Bonchev–Trinajstić information content (AvgIpc) is 2.68. The van der Waals surface area contributed by atoms with Gasteiger partial charge in [0.25, 0.3) is 0 Å². The third-order valence-electron chi connectivity index (χ3n) is 5.84. The van der Waals surface area contributed by atoms with Crippen LogP contribution < -0.4 is 0 Å². The van der Waals surface area contributed by atoms with Crippen LogP contribution in [0.2, 0.25) is 5.02 Å². The molecule has 1 saturated carbocycles. The van der Waals surface area contributed by atoms with E-state index in [4.69, 9.17) is 11.6 Å². The summed E-state index contributed by atoms with van der Waals surface area (Å²) in [6.07, 6.45) is 0.193. The molecule has 4 rings (SSSR count). The summed E-state index contributed by atoms with van der Waals surface area (Å²) in [4.78, 5) is 38.5.